The van der Waals surface area contributed by atoms with Crippen LogP contribution in [-0.4, -0.2) is 19.0 Å². The Morgan fingerprint density at radius 2 is 1.81 bits per heavy atom. The van der Waals surface area contributed by atoms with Gasteiger partial charge in [-0.3, -0.25) is 4.79 Å². The molecule has 1 rings (SSSR count). The third-order valence-corrected chi connectivity index (χ3v) is 4.57. The van der Waals surface area contributed by atoms with Crippen LogP contribution in [0.25, 0.3) is 0 Å². The van der Waals surface area contributed by atoms with Crippen LogP contribution < -0.4 is 11.1 Å². The average molecular weight is 226 g/mol. The van der Waals surface area contributed by atoms with E-state index in [0.29, 0.717) is 12.5 Å². The van der Waals surface area contributed by atoms with Crippen molar-refractivity contribution in [1.29, 1.82) is 0 Å². The molecule has 3 N–H and O–H groups in total. The lowest BCUT2D eigenvalue weighted by Gasteiger charge is -2.12. The molecule has 1 fully saturated rings. The second-order valence-electron chi connectivity index (χ2n) is 6.30. The fraction of sp³-hybridized carbons (Fsp3) is 0.923. The summed E-state index contributed by atoms with van der Waals surface area (Å²) in [4.78, 5) is 12.0. The Labute approximate surface area is 99.2 Å². The van der Waals surface area contributed by atoms with Crippen molar-refractivity contribution in [2.45, 2.75) is 41.0 Å². The number of amides is 1. The maximum Gasteiger partial charge on any atom is 0.224 e. The van der Waals surface area contributed by atoms with Gasteiger partial charge in [0.25, 0.3) is 0 Å². The van der Waals surface area contributed by atoms with Crippen LogP contribution >= 0.6 is 0 Å². The van der Waals surface area contributed by atoms with Crippen LogP contribution in [0.15, 0.2) is 0 Å². The van der Waals surface area contributed by atoms with Gasteiger partial charge in [-0.15, -0.1) is 0 Å². The Morgan fingerprint density at radius 3 is 2.19 bits per heavy atom. The summed E-state index contributed by atoms with van der Waals surface area (Å²) in [7, 11) is 0. The van der Waals surface area contributed by atoms with Gasteiger partial charge in [-0.05, 0) is 29.7 Å². The van der Waals surface area contributed by atoms with E-state index < -0.39 is 0 Å². The molecule has 0 aromatic heterocycles. The molecule has 1 atom stereocenters. The van der Waals surface area contributed by atoms with Crippen molar-refractivity contribution in [1.82, 2.24) is 5.32 Å². The molecule has 0 aromatic carbocycles. The molecule has 1 amide bonds. The molecule has 0 aliphatic heterocycles. The molecule has 0 aromatic rings. The van der Waals surface area contributed by atoms with Gasteiger partial charge in [-0.1, -0.05) is 34.6 Å². The quantitative estimate of drug-likeness (QED) is 0.750. The van der Waals surface area contributed by atoms with Crippen LogP contribution in [0.4, 0.5) is 0 Å². The second kappa shape index (κ2) is 4.36. The molecule has 1 aliphatic carbocycles. The maximum absolute atomic E-state index is 12.0. The average Bonchev–Trinajstić information content (AvgIpc) is 2.54. The first-order chi connectivity index (χ1) is 7.25. The largest absolute Gasteiger partial charge is 0.356 e. The highest BCUT2D eigenvalue weighted by molar-refractivity contribution is 5.84. The van der Waals surface area contributed by atoms with Crippen LogP contribution in [0.3, 0.4) is 0 Å². The highest BCUT2D eigenvalue weighted by Crippen LogP contribution is 2.68. The van der Waals surface area contributed by atoms with Crippen molar-refractivity contribution >= 4 is 5.91 Å². The third-order valence-electron chi connectivity index (χ3n) is 4.57. The Kier molecular flexibility index (Phi) is 3.68. The van der Waals surface area contributed by atoms with Gasteiger partial charge in [0.05, 0.1) is 0 Å². The van der Waals surface area contributed by atoms with E-state index >= 15 is 0 Å². The van der Waals surface area contributed by atoms with Crippen LogP contribution in [-0.2, 0) is 4.79 Å². The summed E-state index contributed by atoms with van der Waals surface area (Å²) in [5, 5.41) is 3.05. The number of hydrogen-bond donors (Lipinski definition) is 2. The van der Waals surface area contributed by atoms with Crippen molar-refractivity contribution in [3.05, 3.63) is 0 Å². The lowest BCUT2D eigenvalue weighted by atomic mass is 10.0. The summed E-state index contributed by atoms with van der Waals surface area (Å²) in [5.41, 5.74) is 5.75. The van der Waals surface area contributed by atoms with Gasteiger partial charge in [0.15, 0.2) is 0 Å². The summed E-state index contributed by atoms with van der Waals surface area (Å²) in [6.45, 7) is 12.2. The van der Waals surface area contributed by atoms with E-state index in [2.05, 4.69) is 39.9 Å². The molecule has 0 radical (unpaired) electrons. The van der Waals surface area contributed by atoms with Gasteiger partial charge in [-0.2, -0.15) is 0 Å². The Bertz CT molecular complexity index is 257. The predicted octanol–water partition coefficient (Wildman–Crippen LogP) is 1.77. The van der Waals surface area contributed by atoms with E-state index in [1.807, 2.05) is 0 Å². The van der Waals surface area contributed by atoms with Crippen LogP contribution in [0.5, 0.6) is 0 Å². The second-order valence-corrected chi connectivity index (χ2v) is 6.30. The van der Waals surface area contributed by atoms with E-state index in [1.54, 1.807) is 0 Å². The Morgan fingerprint density at radius 1 is 1.31 bits per heavy atom. The van der Waals surface area contributed by atoms with Crippen LogP contribution in [0.1, 0.15) is 41.0 Å². The highest BCUT2D eigenvalue weighted by Gasteiger charge is 2.68. The topological polar surface area (TPSA) is 55.1 Å². The van der Waals surface area contributed by atoms with E-state index in [-0.39, 0.29) is 22.7 Å². The Hall–Kier alpha value is -0.570. The zero-order valence-electron chi connectivity index (χ0n) is 11.3. The minimum Gasteiger partial charge on any atom is -0.356 e. The highest BCUT2D eigenvalue weighted by atomic mass is 16.2. The van der Waals surface area contributed by atoms with Crippen LogP contribution in [0.2, 0.25) is 0 Å². The van der Waals surface area contributed by atoms with E-state index in [0.717, 1.165) is 13.0 Å². The molecule has 16 heavy (non-hydrogen) atoms. The normalized spacial score (nSPS) is 23.9. The van der Waals surface area contributed by atoms with Crippen LogP contribution in [0, 0.1) is 22.7 Å². The molecule has 0 bridgehead atoms. The molecule has 1 aliphatic rings. The van der Waals surface area contributed by atoms with Gasteiger partial charge < -0.3 is 11.1 Å². The summed E-state index contributed by atoms with van der Waals surface area (Å²) in [5.74, 6) is 0.836. The van der Waals surface area contributed by atoms with Gasteiger partial charge in [0, 0.05) is 12.5 Å². The summed E-state index contributed by atoms with van der Waals surface area (Å²) < 4.78 is 0. The standard InChI is InChI=1S/C13H26N2O/c1-9(6-7-14)8-15-11(16)10-12(2,3)13(10,4)5/h9-10H,6-8,14H2,1-5H3,(H,15,16). The molecule has 0 heterocycles. The summed E-state index contributed by atoms with van der Waals surface area (Å²) in [6.07, 6.45) is 0.970. The number of carbonyl (C=O) groups excluding carboxylic acids is 1. The molecule has 3 nitrogen and oxygen atoms in total. The molecular formula is C13H26N2O. The third kappa shape index (κ3) is 2.24. The molecule has 1 saturated carbocycles. The Balaban J connectivity index is 2.39. The van der Waals surface area contributed by atoms with Crippen molar-refractivity contribution in [3.63, 3.8) is 0 Å². The number of hydrogen-bond acceptors (Lipinski definition) is 2. The lowest BCUT2D eigenvalue weighted by molar-refractivity contribution is -0.123. The smallest absolute Gasteiger partial charge is 0.224 e. The number of nitrogens with two attached hydrogens (primary N) is 1. The number of rotatable bonds is 5. The first-order valence-electron chi connectivity index (χ1n) is 6.23. The minimum atomic E-state index is 0.133. The lowest BCUT2D eigenvalue weighted by Crippen LogP contribution is -2.32. The molecule has 0 saturated heterocycles. The minimum absolute atomic E-state index is 0.133. The number of nitrogens with one attached hydrogen (secondary N) is 1. The van der Waals surface area contributed by atoms with E-state index in [1.165, 1.54) is 0 Å². The maximum atomic E-state index is 12.0. The van der Waals surface area contributed by atoms with Gasteiger partial charge >= 0.3 is 0 Å². The molecule has 94 valence electrons. The molecule has 1 unspecified atom stereocenters. The fourth-order valence-corrected chi connectivity index (χ4v) is 2.62. The van der Waals surface area contributed by atoms with Crippen molar-refractivity contribution in [2.75, 3.05) is 13.1 Å². The first-order valence-corrected chi connectivity index (χ1v) is 6.23. The van der Waals surface area contributed by atoms with Gasteiger partial charge in [0.2, 0.25) is 5.91 Å². The zero-order chi connectivity index (χ0) is 12.6. The van der Waals surface area contributed by atoms with Crippen molar-refractivity contribution < 1.29 is 4.79 Å². The monoisotopic (exact) mass is 226 g/mol. The SMILES string of the molecule is CC(CCN)CNC(=O)C1C(C)(C)C1(C)C. The number of carbonyl (C=O) groups is 1. The van der Waals surface area contributed by atoms with Crippen molar-refractivity contribution in [2.24, 2.45) is 28.4 Å². The van der Waals surface area contributed by atoms with Gasteiger partial charge in [0.1, 0.15) is 0 Å². The molecule has 3 heteroatoms. The van der Waals surface area contributed by atoms with E-state index in [4.69, 9.17) is 5.73 Å². The first kappa shape index (κ1) is 13.5. The van der Waals surface area contributed by atoms with E-state index in [9.17, 15) is 4.79 Å². The zero-order valence-corrected chi connectivity index (χ0v) is 11.3. The molecule has 0 spiro atoms. The van der Waals surface area contributed by atoms with Gasteiger partial charge in [-0.25, -0.2) is 0 Å². The summed E-state index contributed by atoms with van der Waals surface area (Å²) >= 11 is 0. The van der Waals surface area contributed by atoms with Crippen molar-refractivity contribution in [3.8, 4) is 0 Å². The fourth-order valence-electron chi connectivity index (χ4n) is 2.62. The summed E-state index contributed by atoms with van der Waals surface area (Å²) in [6, 6.07) is 0. The predicted molar refractivity (Wildman–Crippen MR) is 66.9 cm³/mol. The molecular weight excluding hydrogens is 200 g/mol.